The Morgan fingerprint density at radius 2 is 1.92 bits per heavy atom. The van der Waals surface area contributed by atoms with E-state index in [0.29, 0.717) is 11.3 Å². The number of nitrogens with zero attached hydrogens (tertiary/aromatic N) is 5. The van der Waals surface area contributed by atoms with E-state index in [2.05, 4.69) is 30.1 Å². The molecule has 0 atom stereocenters. The third kappa shape index (κ3) is 5.84. The van der Waals surface area contributed by atoms with E-state index in [1.165, 1.54) is 41.4 Å². The first-order valence-corrected chi connectivity index (χ1v) is 11.1. The molecule has 198 valence electrons. The zero-order valence-electron chi connectivity index (χ0n) is 19.6. The predicted octanol–water partition coefficient (Wildman–Crippen LogP) is 5.04. The van der Waals surface area contributed by atoms with Gasteiger partial charge in [-0.2, -0.15) is 10.1 Å². The molecule has 10 nitrogen and oxygen atoms in total. The first-order chi connectivity index (χ1) is 18.7. The molecule has 5 rings (SSSR count). The number of anilines is 1. The largest absolute Gasteiger partial charge is 0.573 e. The molecule has 0 aliphatic heterocycles. The van der Waals surface area contributed by atoms with Crippen molar-refractivity contribution in [3.05, 3.63) is 90.2 Å². The molecule has 0 saturated carbocycles. The number of alkyl halides is 3. The quantitative estimate of drug-likeness (QED) is 0.275. The third-order valence-electron chi connectivity index (χ3n) is 5.29. The molecule has 14 heteroatoms. The molecule has 2 N–H and O–H groups in total. The molecule has 0 aliphatic rings. The van der Waals surface area contributed by atoms with Gasteiger partial charge in [-0.05, 0) is 24.3 Å². The SMILES string of the molecule is O=C(Nc1cnc(-c2cc(-c3ncco3)n(Cc3ccccc3F)n2)nc1O)c1cccc(OC(F)(F)F)c1. The summed E-state index contributed by atoms with van der Waals surface area (Å²) in [6.45, 7) is 0.0294. The first-order valence-electron chi connectivity index (χ1n) is 11.1. The normalized spacial score (nSPS) is 11.4. The van der Waals surface area contributed by atoms with E-state index in [1.54, 1.807) is 18.2 Å². The number of ether oxygens (including phenoxy) is 1. The Balaban J connectivity index is 1.40. The number of aromatic hydroxyl groups is 1. The Morgan fingerprint density at radius 3 is 2.64 bits per heavy atom. The molecule has 3 heterocycles. The minimum Gasteiger partial charge on any atom is -0.492 e. The Morgan fingerprint density at radius 1 is 1.10 bits per heavy atom. The fraction of sp³-hybridized carbons (Fsp3) is 0.0800. The van der Waals surface area contributed by atoms with Crippen LogP contribution in [-0.2, 0) is 6.54 Å². The van der Waals surface area contributed by atoms with Gasteiger partial charge in [0.25, 0.3) is 5.91 Å². The standard InChI is InChI=1S/C25H16F4N6O4/c26-17-7-2-1-4-15(17)13-35-20(24-30-8-9-38-24)11-18(34-35)21-31-12-19(23(37)33-21)32-22(36)14-5-3-6-16(10-14)39-25(27,28)29/h1-12H,13H2,(H,32,36)(H,31,33,37). The van der Waals surface area contributed by atoms with Crippen LogP contribution in [0.1, 0.15) is 15.9 Å². The maximum Gasteiger partial charge on any atom is 0.573 e. The van der Waals surface area contributed by atoms with Gasteiger partial charge in [0.2, 0.25) is 11.8 Å². The van der Waals surface area contributed by atoms with E-state index in [9.17, 15) is 27.5 Å². The summed E-state index contributed by atoms with van der Waals surface area (Å²) in [7, 11) is 0. The van der Waals surface area contributed by atoms with Gasteiger partial charge >= 0.3 is 6.36 Å². The number of carbonyl (C=O) groups excluding carboxylic acids is 1. The van der Waals surface area contributed by atoms with Crippen molar-refractivity contribution in [1.82, 2.24) is 24.7 Å². The number of oxazole rings is 1. The molecule has 2 aromatic carbocycles. The minimum atomic E-state index is -4.92. The highest BCUT2D eigenvalue weighted by atomic mass is 19.4. The van der Waals surface area contributed by atoms with Crippen LogP contribution in [0, 0.1) is 5.82 Å². The predicted molar refractivity (Wildman–Crippen MR) is 127 cm³/mol. The fourth-order valence-corrected chi connectivity index (χ4v) is 3.57. The summed E-state index contributed by atoms with van der Waals surface area (Å²) in [5.74, 6) is -2.32. The number of amides is 1. The number of carbonyl (C=O) groups is 1. The number of halogens is 4. The number of rotatable bonds is 7. The van der Waals surface area contributed by atoms with Gasteiger partial charge in [-0.25, -0.2) is 14.4 Å². The van der Waals surface area contributed by atoms with Gasteiger partial charge in [0.1, 0.15) is 34.9 Å². The highest BCUT2D eigenvalue weighted by molar-refractivity contribution is 6.05. The molecule has 0 unspecified atom stereocenters. The maximum absolute atomic E-state index is 14.3. The molecule has 0 fully saturated rings. The van der Waals surface area contributed by atoms with Crippen molar-refractivity contribution >= 4 is 11.6 Å². The van der Waals surface area contributed by atoms with Crippen molar-refractivity contribution in [1.29, 1.82) is 0 Å². The van der Waals surface area contributed by atoms with Gasteiger partial charge in [-0.15, -0.1) is 13.2 Å². The van der Waals surface area contributed by atoms with E-state index >= 15 is 0 Å². The number of aromatic nitrogens is 5. The highest BCUT2D eigenvalue weighted by Gasteiger charge is 2.31. The lowest BCUT2D eigenvalue weighted by Gasteiger charge is -2.10. The van der Waals surface area contributed by atoms with Crippen LogP contribution in [0.5, 0.6) is 11.6 Å². The summed E-state index contributed by atoms with van der Waals surface area (Å²) in [6, 6.07) is 12.1. The molecule has 3 aromatic heterocycles. The minimum absolute atomic E-state index is 0.0294. The Labute approximate surface area is 216 Å². The summed E-state index contributed by atoms with van der Waals surface area (Å²) in [5, 5.41) is 17.2. The molecule has 1 amide bonds. The van der Waals surface area contributed by atoms with Crippen molar-refractivity contribution in [2.45, 2.75) is 12.9 Å². The van der Waals surface area contributed by atoms with Gasteiger partial charge in [-0.3, -0.25) is 9.48 Å². The lowest BCUT2D eigenvalue weighted by molar-refractivity contribution is -0.274. The number of benzene rings is 2. The molecule has 0 aliphatic carbocycles. The van der Waals surface area contributed by atoms with E-state index in [4.69, 9.17) is 4.42 Å². The summed E-state index contributed by atoms with van der Waals surface area (Å²) in [6.07, 6.45) is -1.03. The second kappa shape index (κ2) is 10.2. The van der Waals surface area contributed by atoms with Crippen molar-refractivity contribution in [3.63, 3.8) is 0 Å². The number of hydrogen-bond donors (Lipinski definition) is 2. The van der Waals surface area contributed by atoms with E-state index in [1.807, 2.05) is 0 Å². The van der Waals surface area contributed by atoms with Crippen LogP contribution in [0.25, 0.3) is 23.1 Å². The van der Waals surface area contributed by atoms with Crippen molar-refractivity contribution < 1.29 is 36.6 Å². The van der Waals surface area contributed by atoms with Crippen molar-refractivity contribution in [2.75, 3.05) is 5.32 Å². The Bertz CT molecular complexity index is 1640. The average Bonchev–Trinajstić information content (AvgIpc) is 3.56. The van der Waals surface area contributed by atoms with Crippen LogP contribution in [0.3, 0.4) is 0 Å². The Hall–Kier alpha value is -5.27. The van der Waals surface area contributed by atoms with Gasteiger partial charge < -0.3 is 19.6 Å². The molecular weight excluding hydrogens is 524 g/mol. The van der Waals surface area contributed by atoms with Crippen LogP contribution >= 0.6 is 0 Å². The van der Waals surface area contributed by atoms with Crippen molar-refractivity contribution in [3.8, 4) is 34.7 Å². The molecule has 39 heavy (non-hydrogen) atoms. The van der Waals surface area contributed by atoms with Gasteiger partial charge in [0.15, 0.2) is 5.82 Å². The smallest absolute Gasteiger partial charge is 0.492 e. The average molecular weight is 540 g/mol. The zero-order valence-corrected chi connectivity index (χ0v) is 19.6. The second-order valence-corrected chi connectivity index (χ2v) is 7.96. The maximum atomic E-state index is 14.3. The van der Waals surface area contributed by atoms with Gasteiger partial charge in [0, 0.05) is 17.2 Å². The van der Waals surface area contributed by atoms with Crippen molar-refractivity contribution in [2.24, 2.45) is 0 Å². The molecular formula is C25H16F4N6O4. The van der Waals surface area contributed by atoms with Crippen LogP contribution in [0.2, 0.25) is 0 Å². The van der Waals surface area contributed by atoms with E-state index in [-0.39, 0.29) is 35.2 Å². The molecule has 0 spiro atoms. The van der Waals surface area contributed by atoms with Crippen LogP contribution in [0.4, 0.5) is 23.2 Å². The lowest BCUT2D eigenvalue weighted by Crippen LogP contribution is -2.18. The topological polar surface area (TPSA) is 128 Å². The highest BCUT2D eigenvalue weighted by Crippen LogP contribution is 2.29. The van der Waals surface area contributed by atoms with Crippen LogP contribution < -0.4 is 10.1 Å². The number of hydrogen-bond acceptors (Lipinski definition) is 8. The molecule has 5 aromatic rings. The first kappa shape index (κ1) is 25.4. The van der Waals surface area contributed by atoms with Crippen LogP contribution in [-0.4, -0.2) is 42.1 Å². The monoisotopic (exact) mass is 540 g/mol. The molecule has 0 bridgehead atoms. The van der Waals surface area contributed by atoms with Gasteiger partial charge in [-0.1, -0.05) is 24.3 Å². The van der Waals surface area contributed by atoms with E-state index < -0.39 is 29.7 Å². The van der Waals surface area contributed by atoms with E-state index in [0.717, 1.165) is 18.3 Å². The molecule has 0 radical (unpaired) electrons. The fourth-order valence-electron chi connectivity index (χ4n) is 3.57. The zero-order chi connectivity index (χ0) is 27.6. The lowest BCUT2D eigenvalue weighted by atomic mass is 10.2. The summed E-state index contributed by atoms with van der Waals surface area (Å²) in [5.41, 5.74) is 0.559. The van der Waals surface area contributed by atoms with Crippen LogP contribution in [0.15, 0.2) is 77.7 Å². The third-order valence-corrected chi connectivity index (χ3v) is 5.29. The molecule has 0 saturated heterocycles. The number of nitrogens with one attached hydrogen (secondary N) is 1. The Kier molecular flexibility index (Phi) is 6.66. The summed E-state index contributed by atoms with van der Waals surface area (Å²) >= 11 is 0. The van der Waals surface area contributed by atoms with Gasteiger partial charge in [0.05, 0.1) is 18.9 Å². The summed E-state index contributed by atoms with van der Waals surface area (Å²) in [4.78, 5) is 24.7. The summed E-state index contributed by atoms with van der Waals surface area (Å²) < 4.78 is 62.3. The second-order valence-electron chi connectivity index (χ2n) is 7.96.